The number of fused-ring (bicyclic) bond motifs is 1. The minimum absolute atomic E-state index is 0.00925. The van der Waals surface area contributed by atoms with Crippen molar-refractivity contribution in [1.29, 1.82) is 0 Å². The number of ether oxygens (including phenoxy) is 1. The standard InChI is InChI=1S/C21H25N3O2S2/c1-13(2)23-21(25)20-19(16-6-4-5-7-18(16)28-20)17-12-24(8-9-26-17)11-15-10-22-14(3)27-15/h4-7,10,13,17H,8-9,11-12H2,1-3H3,(H,23,25)/t17-/m0/s1. The number of thiazole rings is 1. The Labute approximate surface area is 173 Å². The fourth-order valence-corrected chi connectivity index (χ4v) is 5.60. The summed E-state index contributed by atoms with van der Waals surface area (Å²) in [6.45, 7) is 9.22. The van der Waals surface area contributed by atoms with Crippen LogP contribution in [0.3, 0.4) is 0 Å². The van der Waals surface area contributed by atoms with Gasteiger partial charge in [-0.3, -0.25) is 9.69 Å². The number of hydrogen-bond acceptors (Lipinski definition) is 6. The van der Waals surface area contributed by atoms with E-state index in [0.29, 0.717) is 6.61 Å². The van der Waals surface area contributed by atoms with Gasteiger partial charge in [-0.25, -0.2) is 4.98 Å². The Morgan fingerprint density at radius 1 is 1.36 bits per heavy atom. The van der Waals surface area contributed by atoms with E-state index < -0.39 is 0 Å². The van der Waals surface area contributed by atoms with E-state index in [9.17, 15) is 4.79 Å². The lowest BCUT2D eigenvalue weighted by Crippen LogP contribution is -2.38. The number of nitrogens with one attached hydrogen (secondary N) is 1. The van der Waals surface area contributed by atoms with Gasteiger partial charge >= 0.3 is 0 Å². The third-order valence-electron chi connectivity index (χ3n) is 4.78. The van der Waals surface area contributed by atoms with Crippen LogP contribution in [0, 0.1) is 6.92 Å². The molecule has 1 aliphatic heterocycles. The predicted molar refractivity (Wildman–Crippen MR) is 115 cm³/mol. The number of aryl methyl sites for hydroxylation is 1. The first-order chi connectivity index (χ1) is 13.5. The molecule has 7 heteroatoms. The monoisotopic (exact) mass is 415 g/mol. The average Bonchev–Trinajstić information content (AvgIpc) is 3.24. The van der Waals surface area contributed by atoms with Gasteiger partial charge in [-0.2, -0.15) is 0 Å². The zero-order valence-electron chi connectivity index (χ0n) is 16.4. The van der Waals surface area contributed by atoms with Crippen molar-refractivity contribution in [2.24, 2.45) is 0 Å². The molecular weight excluding hydrogens is 390 g/mol. The Hall–Kier alpha value is -1.80. The zero-order valence-corrected chi connectivity index (χ0v) is 18.0. The Kier molecular flexibility index (Phi) is 5.78. The van der Waals surface area contributed by atoms with E-state index >= 15 is 0 Å². The van der Waals surface area contributed by atoms with Gasteiger partial charge in [0.25, 0.3) is 5.91 Å². The van der Waals surface area contributed by atoms with Crippen LogP contribution in [0.2, 0.25) is 0 Å². The summed E-state index contributed by atoms with van der Waals surface area (Å²) in [6, 6.07) is 8.33. The number of carbonyl (C=O) groups excluding carboxylic acids is 1. The van der Waals surface area contributed by atoms with Crippen LogP contribution in [0.4, 0.5) is 0 Å². The zero-order chi connectivity index (χ0) is 19.7. The van der Waals surface area contributed by atoms with Crippen LogP contribution in [-0.4, -0.2) is 41.5 Å². The van der Waals surface area contributed by atoms with Crippen LogP contribution >= 0.6 is 22.7 Å². The maximum atomic E-state index is 12.9. The highest BCUT2D eigenvalue weighted by Gasteiger charge is 2.30. The smallest absolute Gasteiger partial charge is 0.261 e. The summed E-state index contributed by atoms with van der Waals surface area (Å²) in [5.41, 5.74) is 1.03. The van der Waals surface area contributed by atoms with E-state index in [1.165, 1.54) is 4.88 Å². The SMILES string of the molecule is Cc1ncc(CN2CCO[C@H](c3c(C(=O)NC(C)C)sc4ccccc34)C2)s1. The largest absolute Gasteiger partial charge is 0.371 e. The van der Waals surface area contributed by atoms with E-state index in [0.717, 1.165) is 45.2 Å². The fourth-order valence-electron chi connectivity index (χ4n) is 3.60. The minimum atomic E-state index is -0.105. The van der Waals surface area contributed by atoms with Crippen LogP contribution in [-0.2, 0) is 11.3 Å². The van der Waals surface area contributed by atoms with Gasteiger partial charge in [-0.15, -0.1) is 22.7 Å². The Balaban J connectivity index is 1.64. The van der Waals surface area contributed by atoms with E-state index in [1.807, 2.05) is 39.1 Å². The summed E-state index contributed by atoms with van der Waals surface area (Å²) < 4.78 is 7.30. The van der Waals surface area contributed by atoms with Gasteiger partial charge in [0, 0.05) is 47.0 Å². The van der Waals surface area contributed by atoms with E-state index in [1.54, 1.807) is 22.7 Å². The van der Waals surface area contributed by atoms with Crippen molar-refractivity contribution in [2.45, 2.75) is 39.5 Å². The lowest BCUT2D eigenvalue weighted by molar-refractivity contribution is -0.0320. The molecular formula is C21H25N3O2S2. The first kappa shape index (κ1) is 19.5. The van der Waals surface area contributed by atoms with E-state index in [2.05, 4.69) is 27.3 Å². The number of amides is 1. The lowest BCUT2D eigenvalue weighted by Gasteiger charge is -2.33. The molecule has 4 rings (SSSR count). The Bertz CT molecular complexity index is 979. The molecule has 3 aromatic rings. The van der Waals surface area contributed by atoms with Gasteiger partial charge in [0.15, 0.2) is 0 Å². The van der Waals surface area contributed by atoms with Crippen LogP contribution in [0.25, 0.3) is 10.1 Å². The maximum Gasteiger partial charge on any atom is 0.261 e. The quantitative estimate of drug-likeness (QED) is 0.672. The molecule has 1 amide bonds. The van der Waals surface area contributed by atoms with Crippen LogP contribution in [0.1, 0.15) is 45.1 Å². The number of benzene rings is 1. The van der Waals surface area contributed by atoms with Gasteiger partial charge in [0.05, 0.1) is 22.6 Å². The second-order valence-corrected chi connectivity index (χ2v) is 9.78. The molecule has 1 aliphatic rings. The molecule has 0 unspecified atom stereocenters. The number of aromatic nitrogens is 1. The second kappa shape index (κ2) is 8.29. The summed E-state index contributed by atoms with van der Waals surface area (Å²) in [4.78, 5) is 21.7. The third kappa shape index (κ3) is 4.12. The normalized spacial score (nSPS) is 18.1. The number of carbonyl (C=O) groups is 1. The van der Waals surface area contributed by atoms with Crippen molar-refractivity contribution >= 4 is 38.7 Å². The van der Waals surface area contributed by atoms with Crippen molar-refractivity contribution in [3.8, 4) is 0 Å². The highest BCUT2D eigenvalue weighted by atomic mass is 32.1. The molecule has 1 saturated heterocycles. The molecule has 1 aromatic carbocycles. The minimum Gasteiger partial charge on any atom is -0.371 e. The molecule has 148 valence electrons. The molecule has 3 heterocycles. The molecule has 1 N–H and O–H groups in total. The summed E-state index contributed by atoms with van der Waals surface area (Å²) in [5, 5.41) is 5.27. The van der Waals surface area contributed by atoms with E-state index in [-0.39, 0.29) is 18.1 Å². The second-order valence-electron chi connectivity index (χ2n) is 7.41. The third-order valence-corrected chi connectivity index (χ3v) is 6.86. The van der Waals surface area contributed by atoms with Crippen molar-refractivity contribution < 1.29 is 9.53 Å². The molecule has 0 spiro atoms. The summed E-state index contributed by atoms with van der Waals surface area (Å²) in [7, 11) is 0. The molecule has 5 nitrogen and oxygen atoms in total. The molecule has 0 aliphatic carbocycles. The van der Waals surface area contributed by atoms with Gasteiger partial charge in [-0.05, 0) is 32.2 Å². The van der Waals surface area contributed by atoms with Crippen molar-refractivity contribution in [1.82, 2.24) is 15.2 Å². The topological polar surface area (TPSA) is 54.5 Å². The van der Waals surface area contributed by atoms with Crippen LogP contribution in [0.15, 0.2) is 30.5 Å². The highest BCUT2D eigenvalue weighted by Crippen LogP contribution is 2.38. The Morgan fingerprint density at radius 3 is 2.93 bits per heavy atom. The summed E-state index contributed by atoms with van der Waals surface area (Å²) >= 11 is 3.30. The highest BCUT2D eigenvalue weighted by molar-refractivity contribution is 7.21. The maximum absolute atomic E-state index is 12.9. The van der Waals surface area contributed by atoms with Gasteiger partial charge in [0.2, 0.25) is 0 Å². The van der Waals surface area contributed by atoms with Gasteiger partial charge < -0.3 is 10.1 Å². The average molecular weight is 416 g/mol. The first-order valence-corrected chi connectivity index (χ1v) is 11.2. The molecule has 2 aromatic heterocycles. The van der Waals surface area contributed by atoms with Gasteiger partial charge in [-0.1, -0.05) is 18.2 Å². The fraction of sp³-hybridized carbons (Fsp3) is 0.429. The predicted octanol–water partition coefficient (Wildman–Crippen LogP) is 4.38. The molecule has 0 saturated carbocycles. The first-order valence-electron chi connectivity index (χ1n) is 9.59. The lowest BCUT2D eigenvalue weighted by atomic mass is 10.0. The van der Waals surface area contributed by atoms with Crippen LogP contribution < -0.4 is 5.32 Å². The van der Waals surface area contributed by atoms with Crippen molar-refractivity contribution in [2.75, 3.05) is 19.7 Å². The Morgan fingerprint density at radius 2 is 2.18 bits per heavy atom. The molecule has 0 bridgehead atoms. The summed E-state index contributed by atoms with van der Waals surface area (Å²) in [6.07, 6.45) is 1.86. The number of morpholine rings is 1. The van der Waals surface area contributed by atoms with Crippen molar-refractivity contribution in [3.63, 3.8) is 0 Å². The summed E-state index contributed by atoms with van der Waals surface area (Å²) in [5.74, 6) is -0.00925. The molecule has 1 atom stereocenters. The van der Waals surface area contributed by atoms with Crippen LogP contribution in [0.5, 0.6) is 0 Å². The van der Waals surface area contributed by atoms with E-state index in [4.69, 9.17) is 4.74 Å². The molecule has 28 heavy (non-hydrogen) atoms. The number of thiophene rings is 1. The van der Waals surface area contributed by atoms with Crippen molar-refractivity contribution in [3.05, 3.63) is 50.8 Å². The number of rotatable bonds is 5. The number of nitrogens with zero attached hydrogens (tertiary/aromatic N) is 2. The number of hydrogen-bond donors (Lipinski definition) is 1. The van der Waals surface area contributed by atoms with Gasteiger partial charge in [0.1, 0.15) is 0 Å². The molecule has 0 radical (unpaired) electrons. The molecule has 1 fully saturated rings.